The van der Waals surface area contributed by atoms with E-state index in [0.717, 1.165) is 30.9 Å². The number of carbonyl (C=O) groups is 1. The zero-order chi connectivity index (χ0) is 31.9. The van der Waals surface area contributed by atoms with Crippen molar-refractivity contribution in [3.05, 3.63) is 71.3 Å². The molecular weight excluding hydrogens is 598 g/mol. The highest BCUT2D eigenvalue weighted by Crippen LogP contribution is 2.27. The van der Waals surface area contributed by atoms with Crippen LogP contribution in [0.3, 0.4) is 0 Å². The van der Waals surface area contributed by atoms with Gasteiger partial charge < -0.3 is 30.2 Å². The van der Waals surface area contributed by atoms with Crippen molar-refractivity contribution in [1.82, 2.24) is 29.5 Å². The smallest absolute Gasteiger partial charge is 0.293 e. The summed E-state index contributed by atoms with van der Waals surface area (Å²) in [5, 5.41) is 14.6. The molecule has 5 aromatic rings. The number of amides is 1. The quantitative estimate of drug-likeness (QED) is 0.230. The van der Waals surface area contributed by atoms with Crippen LogP contribution >= 0.6 is 0 Å². The Bertz CT molecular complexity index is 2070. The average Bonchev–Trinajstić information content (AvgIpc) is 3.47. The number of sulfone groups is 1. The van der Waals surface area contributed by atoms with E-state index in [1.165, 1.54) is 35.2 Å². The van der Waals surface area contributed by atoms with E-state index < -0.39 is 27.9 Å². The molecule has 3 aromatic heterocycles. The summed E-state index contributed by atoms with van der Waals surface area (Å²) < 4.78 is 32.1. The third-order valence-electron chi connectivity index (χ3n) is 7.51. The van der Waals surface area contributed by atoms with Gasteiger partial charge in [0.2, 0.25) is 0 Å². The van der Waals surface area contributed by atoms with Gasteiger partial charge in [-0.25, -0.2) is 8.42 Å². The summed E-state index contributed by atoms with van der Waals surface area (Å²) in [6, 6.07) is 15.5. The van der Waals surface area contributed by atoms with Crippen LogP contribution in [0.25, 0.3) is 16.7 Å². The Kier molecular flexibility index (Phi) is 7.88. The molecule has 15 heteroatoms. The van der Waals surface area contributed by atoms with Gasteiger partial charge in [-0.05, 0) is 62.4 Å². The van der Waals surface area contributed by atoms with Crippen LogP contribution in [-0.4, -0.2) is 76.5 Å². The predicted molar refractivity (Wildman–Crippen MR) is 171 cm³/mol. The van der Waals surface area contributed by atoms with Crippen molar-refractivity contribution >= 4 is 55.4 Å². The van der Waals surface area contributed by atoms with Gasteiger partial charge in [0.25, 0.3) is 17.2 Å². The lowest BCUT2D eigenvalue weighted by Crippen LogP contribution is -2.54. The van der Waals surface area contributed by atoms with Gasteiger partial charge in [-0.3, -0.25) is 9.59 Å². The molecule has 1 amide bonds. The van der Waals surface area contributed by atoms with Crippen molar-refractivity contribution in [1.29, 1.82) is 0 Å². The molecule has 0 radical (unpaired) electrons. The number of anilines is 4. The minimum Gasteiger partial charge on any atom is -0.478 e. The van der Waals surface area contributed by atoms with Crippen LogP contribution in [0.2, 0.25) is 0 Å². The number of aromatic nitrogens is 5. The van der Waals surface area contributed by atoms with Crippen LogP contribution in [0.15, 0.2) is 70.6 Å². The Morgan fingerprint density at radius 3 is 2.47 bits per heavy atom. The number of nitrogens with one attached hydrogen (secondary N) is 3. The first-order valence-electron chi connectivity index (χ1n) is 14.3. The highest BCUT2D eigenvalue weighted by Gasteiger charge is 2.23. The van der Waals surface area contributed by atoms with Crippen LogP contribution in [0, 0.1) is 0 Å². The van der Waals surface area contributed by atoms with Crippen LogP contribution in [-0.2, 0) is 21.7 Å². The summed E-state index contributed by atoms with van der Waals surface area (Å²) in [4.78, 5) is 37.0. The first-order chi connectivity index (χ1) is 21.4. The maximum Gasteiger partial charge on any atom is 0.293 e. The van der Waals surface area contributed by atoms with Gasteiger partial charge in [-0.15, -0.1) is 0 Å². The van der Waals surface area contributed by atoms with Crippen LogP contribution in [0.5, 0.6) is 5.75 Å². The summed E-state index contributed by atoms with van der Waals surface area (Å²) in [6.07, 6.45) is 2.57. The fourth-order valence-electron chi connectivity index (χ4n) is 5.47. The van der Waals surface area contributed by atoms with E-state index in [0.29, 0.717) is 40.3 Å². The molecule has 14 nitrogen and oxygen atoms in total. The van der Waals surface area contributed by atoms with E-state index in [1.807, 2.05) is 24.3 Å². The first kappa shape index (κ1) is 30.0. The zero-order valence-corrected chi connectivity index (χ0v) is 26.0. The van der Waals surface area contributed by atoms with Crippen molar-refractivity contribution in [3.8, 4) is 5.75 Å². The number of fused-ring (bicyclic) bond motifs is 2. The maximum absolute atomic E-state index is 13.0. The van der Waals surface area contributed by atoms with Gasteiger partial charge in [0.05, 0.1) is 10.4 Å². The van der Waals surface area contributed by atoms with Gasteiger partial charge in [0.1, 0.15) is 18.0 Å². The molecule has 0 saturated carbocycles. The van der Waals surface area contributed by atoms with E-state index in [-0.39, 0.29) is 10.6 Å². The summed E-state index contributed by atoms with van der Waals surface area (Å²) >= 11 is 0. The lowest BCUT2D eigenvalue weighted by Gasteiger charge is -2.37. The molecule has 45 heavy (non-hydrogen) atoms. The highest BCUT2D eigenvalue weighted by molar-refractivity contribution is 7.90. The van der Waals surface area contributed by atoms with Gasteiger partial charge in [-0.1, -0.05) is 0 Å². The molecule has 0 bridgehead atoms. The predicted octanol–water partition coefficient (Wildman–Crippen LogP) is 2.33. The van der Waals surface area contributed by atoms with Gasteiger partial charge in [-0.2, -0.15) is 19.6 Å². The summed E-state index contributed by atoms with van der Waals surface area (Å²) in [7, 11) is -1.72. The van der Waals surface area contributed by atoms with Crippen molar-refractivity contribution in [3.63, 3.8) is 0 Å². The number of hydrogen-bond donors (Lipinski definition) is 3. The van der Waals surface area contributed by atoms with E-state index in [9.17, 15) is 18.0 Å². The van der Waals surface area contributed by atoms with E-state index >= 15 is 0 Å². The van der Waals surface area contributed by atoms with Crippen LogP contribution < -0.4 is 31.1 Å². The summed E-state index contributed by atoms with van der Waals surface area (Å²) in [5.74, 6) is 1.45. The number of piperazine rings is 1. The van der Waals surface area contributed by atoms with Gasteiger partial charge >= 0.3 is 0 Å². The lowest BCUT2D eigenvalue weighted by molar-refractivity contribution is -0.118. The third-order valence-corrected chi connectivity index (χ3v) is 8.64. The Morgan fingerprint density at radius 2 is 1.76 bits per heavy atom. The minimum atomic E-state index is -3.35. The van der Waals surface area contributed by atoms with Crippen LogP contribution in [0.4, 0.5) is 23.0 Å². The number of benzene rings is 2. The maximum atomic E-state index is 13.0. The molecule has 0 unspecified atom stereocenters. The monoisotopic (exact) mass is 631 g/mol. The topological polar surface area (TPSA) is 165 Å². The Balaban J connectivity index is 1.22. The molecule has 1 aliphatic rings. The molecule has 1 fully saturated rings. The highest BCUT2D eigenvalue weighted by atomic mass is 32.2. The first-order valence-corrected chi connectivity index (χ1v) is 16.2. The molecule has 234 valence electrons. The summed E-state index contributed by atoms with van der Waals surface area (Å²) in [5.41, 5.74) is 1.42. The lowest BCUT2D eigenvalue weighted by atomic mass is 10.1. The van der Waals surface area contributed by atoms with Crippen LogP contribution in [0.1, 0.15) is 13.8 Å². The molecule has 2 aromatic carbocycles. The number of hydrogen-bond acceptors (Lipinski definition) is 11. The standard InChI is InChI=1S/C30H33N9O5S/c1-18-14-38(15-19(2)33-18)26-13-27(39-30(36-26)31-17-32-39)34-22-7-10-24-20(11-22)12-25(29(41)37(24)3)44-16-28(40)35-21-5-8-23(9-6-21)45(4,42)43/h5-13,17-19,33-34H,14-16H2,1-4H3,(H,35,40)/t18-,19+. The Morgan fingerprint density at radius 1 is 1.04 bits per heavy atom. The second-order valence-corrected chi connectivity index (χ2v) is 13.3. The SMILES string of the molecule is C[C@@H]1CN(c2cc(Nc3ccc4c(c3)cc(OCC(=O)Nc3ccc(S(C)(=O)=O)cc3)c(=O)n4C)n3ncnc3n2)C[C@H](C)N1. The molecule has 3 N–H and O–H groups in total. The number of carbonyl (C=O) groups excluding carboxylic acids is 1. The number of pyridine rings is 1. The Labute approximate surface area is 259 Å². The molecule has 1 aliphatic heterocycles. The molecule has 0 aliphatic carbocycles. The second kappa shape index (κ2) is 11.8. The summed E-state index contributed by atoms with van der Waals surface area (Å²) in [6.45, 7) is 5.49. The molecule has 4 heterocycles. The molecule has 1 saturated heterocycles. The molecule has 2 atom stereocenters. The van der Waals surface area contributed by atoms with Gasteiger partial charge in [0, 0.05) is 61.3 Å². The third kappa shape index (κ3) is 6.44. The fraction of sp³-hybridized carbons (Fsp3) is 0.300. The normalized spacial score (nSPS) is 17.0. The van der Waals surface area contributed by atoms with E-state index in [4.69, 9.17) is 9.72 Å². The minimum absolute atomic E-state index is 0.0107. The fourth-order valence-corrected chi connectivity index (χ4v) is 6.10. The van der Waals surface area contributed by atoms with Crippen molar-refractivity contribution in [2.24, 2.45) is 7.05 Å². The molecule has 0 spiro atoms. The average molecular weight is 632 g/mol. The molecule has 6 rings (SSSR count). The second-order valence-electron chi connectivity index (χ2n) is 11.2. The Hall–Kier alpha value is -5.02. The van der Waals surface area contributed by atoms with E-state index in [1.54, 1.807) is 17.6 Å². The van der Waals surface area contributed by atoms with Crippen molar-refractivity contribution in [2.45, 2.75) is 30.8 Å². The van der Waals surface area contributed by atoms with Gasteiger partial charge in [0.15, 0.2) is 22.2 Å². The zero-order valence-electron chi connectivity index (χ0n) is 25.2. The van der Waals surface area contributed by atoms with E-state index in [2.05, 4.69) is 44.8 Å². The van der Waals surface area contributed by atoms with Crippen molar-refractivity contribution < 1.29 is 17.9 Å². The number of nitrogens with zero attached hydrogens (tertiary/aromatic N) is 6. The number of rotatable bonds is 8. The largest absolute Gasteiger partial charge is 0.478 e. The molecular formula is C30H33N9O5S. The number of ether oxygens (including phenoxy) is 1. The van der Waals surface area contributed by atoms with Crippen molar-refractivity contribution in [2.75, 3.05) is 41.5 Å². The number of aryl methyl sites for hydroxylation is 1.